The summed E-state index contributed by atoms with van der Waals surface area (Å²) in [4.78, 5) is 0. The molecule has 0 aliphatic heterocycles. The first-order valence-electron chi connectivity index (χ1n) is 5.81. The normalized spacial score (nSPS) is 11.1. The van der Waals surface area contributed by atoms with Crippen molar-refractivity contribution in [1.29, 1.82) is 0 Å². The third-order valence-corrected chi connectivity index (χ3v) is 3.01. The Balaban J connectivity index is 2.01. The fourth-order valence-corrected chi connectivity index (χ4v) is 2.21. The van der Waals surface area contributed by atoms with Crippen molar-refractivity contribution in [3.63, 3.8) is 0 Å². The Kier molecular flexibility index (Phi) is 2.78. The quantitative estimate of drug-likeness (QED) is 0.654. The van der Waals surface area contributed by atoms with Crippen molar-refractivity contribution in [2.45, 2.75) is 6.54 Å². The van der Waals surface area contributed by atoms with Crippen LogP contribution in [0.3, 0.4) is 0 Å². The monoisotopic (exact) mass is 261 g/mol. The summed E-state index contributed by atoms with van der Waals surface area (Å²) >= 11 is 0. The smallest absolute Gasteiger partial charge is 0.126 e. The molecule has 0 atom stereocenters. The molecule has 2 aromatic carbocycles. The van der Waals surface area contributed by atoms with E-state index in [4.69, 9.17) is 0 Å². The van der Waals surface area contributed by atoms with E-state index < -0.39 is 11.6 Å². The lowest BCUT2D eigenvalue weighted by Gasteiger charge is -2.06. The highest BCUT2D eigenvalue weighted by Gasteiger charge is 2.05. The van der Waals surface area contributed by atoms with Crippen molar-refractivity contribution in [1.82, 2.24) is 4.57 Å². The summed E-state index contributed by atoms with van der Waals surface area (Å²) in [6, 6.07) is 9.64. The Morgan fingerprint density at radius 1 is 0.789 bits per heavy atom. The van der Waals surface area contributed by atoms with Crippen LogP contribution in [-0.4, -0.2) is 4.57 Å². The third kappa shape index (κ3) is 2.34. The summed E-state index contributed by atoms with van der Waals surface area (Å²) in [7, 11) is 0. The van der Waals surface area contributed by atoms with Gasteiger partial charge < -0.3 is 4.57 Å². The van der Waals surface area contributed by atoms with Crippen molar-refractivity contribution in [3.05, 3.63) is 71.7 Å². The molecule has 0 N–H and O–H groups in total. The van der Waals surface area contributed by atoms with Crippen molar-refractivity contribution in [2.75, 3.05) is 0 Å². The molecule has 4 heteroatoms. The van der Waals surface area contributed by atoms with Crippen LogP contribution in [0, 0.1) is 17.5 Å². The molecule has 0 aliphatic carbocycles. The summed E-state index contributed by atoms with van der Waals surface area (Å²) in [6.07, 6.45) is 1.77. The molecular weight excluding hydrogens is 251 g/mol. The number of benzene rings is 2. The van der Waals surface area contributed by atoms with Crippen LogP contribution < -0.4 is 0 Å². The van der Waals surface area contributed by atoms with Gasteiger partial charge in [0, 0.05) is 29.7 Å². The van der Waals surface area contributed by atoms with Gasteiger partial charge in [-0.2, -0.15) is 0 Å². The Labute approximate surface area is 107 Å². The molecular formula is C15H10F3N. The van der Waals surface area contributed by atoms with Gasteiger partial charge in [0.15, 0.2) is 0 Å². The van der Waals surface area contributed by atoms with E-state index in [0.717, 1.165) is 17.0 Å². The molecule has 19 heavy (non-hydrogen) atoms. The number of hydrogen-bond donors (Lipinski definition) is 0. The fraction of sp³-hybridized carbons (Fsp3) is 0.0667. The number of aromatic nitrogens is 1. The second-order valence-corrected chi connectivity index (χ2v) is 4.42. The van der Waals surface area contributed by atoms with Gasteiger partial charge in [-0.15, -0.1) is 0 Å². The van der Waals surface area contributed by atoms with Gasteiger partial charge in [-0.25, -0.2) is 13.2 Å². The number of hydrogen-bond acceptors (Lipinski definition) is 0. The first-order chi connectivity index (χ1) is 9.11. The first kappa shape index (κ1) is 11.8. The van der Waals surface area contributed by atoms with Crippen LogP contribution in [0.5, 0.6) is 0 Å². The molecule has 0 radical (unpaired) electrons. The Morgan fingerprint density at radius 3 is 2.26 bits per heavy atom. The molecule has 0 unspecified atom stereocenters. The first-order valence-corrected chi connectivity index (χ1v) is 5.81. The van der Waals surface area contributed by atoms with Gasteiger partial charge in [0.05, 0.1) is 0 Å². The largest absolute Gasteiger partial charge is 0.343 e. The van der Waals surface area contributed by atoms with Crippen LogP contribution in [0.1, 0.15) is 5.56 Å². The number of nitrogens with zero attached hydrogens (tertiary/aromatic N) is 1. The SMILES string of the molecule is Fc1cc(F)cc(Cn2ccc3cc(F)ccc32)c1. The second kappa shape index (κ2) is 4.46. The zero-order valence-corrected chi connectivity index (χ0v) is 9.91. The molecule has 1 heterocycles. The Bertz CT molecular complexity index is 726. The molecule has 0 saturated carbocycles. The minimum atomic E-state index is -0.600. The molecule has 0 bridgehead atoms. The predicted octanol–water partition coefficient (Wildman–Crippen LogP) is 4.11. The fourth-order valence-electron chi connectivity index (χ4n) is 2.21. The molecule has 0 saturated heterocycles. The van der Waals surface area contributed by atoms with Crippen LogP contribution in [-0.2, 0) is 6.54 Å². The van der Waals surface area contributed by atoms with Crippen LogP contribution in [0.4, 0.5) is 13.2 Å². The van der Waals surface area contributed by atoms with Crippen molar-refractivity contribution >= 4 is 10.9 Å². The van der Waals surface area contributed by atoms with Crippen LogP contribution in [0.15, 0.2) is 48.7 Å². The van der Waals surface area contributed by atoms with Crippen LogP contribution in [0.2, 0.25) is 0 Å². The molecule has 1 aromatic heterocycles. The molecule has 0 amide bonds. The molecule has 0 spiro atoms. The second-order valence-electron chi connectivity index (χ2n) is 4.42. The maximum Gasteiger partial charge on any atom is 0.126 e. The van der Waals surface area contributed by atoms with Crippen molar-refractivity contribution < 1.29 is 13.2 Å². The van der Waals surface area contributed by atoms with Gasteiger partial charge in [0.2, 0.25) is 0 Å². The highest BCUT2D eigenvalue weighted by molar-refractivity contribution is 5.80. The lowest BCUT2D eigenvalue weighted by Crippen LogP contribution is -1.99. The van der Waals surface area contributed by atoms with Crippen LogP contribution >= 0.6 is 0 Å². The van der Waals surface area contributed by atoms with E-state index in [1.807, 2.05) is 4.57 Å². The molecule has 3 aromatic rings. The van der Waals surface area contributed by atoms with E-state index >= 15 is 0 Å². The van der Waals surface area contributed by atoms with E-state index in [9.17, 15) is 13.2 Å². The van der Waals surface area contributed by atoms with Gasteiger partial charge in [-0.05, 0) is 42.0 Å². The molecule has 3 rings (SSSR count). The number of halogens is 3. The van der Waals surface area contributed by atoms with E-state index in [0.29, 0.717) is 12.1 Å². The maximum absolute atomic E-state index is 13.1. The number of rotatable bonds is 2. The third-order valence-electron chi connectivity index (χ3n) is 3.01. The van der Waals surface area contributed by atoms with Crippen molar-refractivity contribution in [2.24, 2.45) is 0 Å². The van der Waals surface area contributed by atoms with Gasteiger partial charge in [-0.3, -0.25) is 0 Å². The van der Waals surface area contributed by atoms with E-state index in [-0.39, 0.29) is 5.82 Å². The lowest BCUT2D eigenvalue weighted by molar-refractivity contribution is 0.578. The predicted molar refractivity (Wildman–Crippen MR) is 67.4 cm³/mol. The Morgan fingerprint density at radius 2 is 1.53 bits per heavy atom. The average Bonchev–Trinajstić information content (AvgIpc) is 2.70. The highest BCUT2D eigenvalue weighted by atomic mass is 19.1. The van der Waals surface area contributed by atoms with Gasteiger partial charge >= 0.3 is 0 Å². The topological polar surface area (TPSA) is 4.93 Å². The van der Waals surface area contributed by atoms with Crippen LogP contribution in [0.25, 0.3) is 10.9 Å². The standard InChI is InChI=1S/C15H10F3N/c16-12-1-2-15-11(7-12)3-4-19(15)9-10-5-13(17)8-14(18)6-10/h1-8H,9H2. The minimum Gasteiger partial charge on any atom is -0.343 e. The molecule has 1 nitrogen and oxygen atoms in total. The summed E-state index contributed by atoms with van der Waals surface area (Å²) in [6.45, 7) is 0.337. The summed E-state index contributed by atoms with van der Waals surface area (Å²) in [5.41, 5.74) is 1.35. The van der Waals surface area contributed by atoms with Gasteiger partial charge in [0.25, 0.3) is 0 Å². The lowest BCUT2D eigenvalue weighted by atomic mass is 10.2. The van der Waals surface area contributed by atoms with E-state index in [1.54, 1.807) is 18.3 Å². The van der Waals surface area contributed by atoms with E-state index in [1.165, 1.54) is 24.3 Å². The summed E-state index contributed by atoms with van der Waals surface area (Å²) in [5, 5.41) is 0.761. The summed E-state index contributed by atoms with van der Waals surface area (Å²) < 4.78 is 41.1. The average molecular weight is 261 g/mol. The Hall–Kier alpha value is -2.23. The molecule has 96 valence electrons. The maximum atomic E-state index is 13.1. The van der Waals surface area contributed by atoms with E-state index in [2.05, 4.69) is 0 Å². The molecule has 0 aliphatic rings. The van der Waals surface area contributed by atoms with Gasteiger partial charge in [0.1, 0.15) is 17.5 Å². The van der Waals surface area contributed by atoms with Crippen molar-refractivity contribution in [3.8, 4) is 0 Å². The zero-order chi connectivity index (χ0) is 13.4. The zero-order valence-electron chi connectivity index (χ0n) is 9.91. The summed E-state index contributed by atoms with van der Waals surface area (Å²) in [5.74, 6) is -1.50. The number of fused-ring (bicyclic) bond motifs is 1. The van der Waals surface area contributed by atoms with Gasteiger partial charge in [-0.1, -0.05) is 0 Å². The highest BCUT2D eigenvalue weighted by Crippen LogP contribution is 2.19. The molecule has 0 fully saturated rings. The minimum absolute atomic E-state index is 0.304.